The predicted octanol–water partition coefficient (Wildman–Crippen LogP) is 3.28. The summed E-state index contributed by atoms with van der Waals surface area (Å²) in [6.45, 7) is 2.33. The molecule has 2 heterocycles. The van der Waals surface area contributed by atoms with E-state index in [0.717, 1.165) is 0 Å². The maximum atomic E-state index is 12.9. The van der Waals surface area contributed by atoms with E-state index in [9.17, 15) is 14.7 Å². The molecule has 6 heteroatoms. The van der Waals surface area contributed by atoms with Gasteiger partial charge in [0, 0.05) is 12.1 Å². The highest BCUT2D eigenvalue weighted by Gasteiger charge is 2.44. The summed E-state index contributed by atoms with van der Waals surface area (Å²) in [5.74, 6) is -0.989. The van der Waals surface area contributed by atoms with Gasteiger partial charge in [-0.2, -0.15) is 0 Å². The number of carbonyl (C=O) groups is 2. The van der Waals surface area contributed by atoms with E-state index in [-0.39, 0.29) is 11.3 Å². The first-order valence-electron chi connectivity index (χ1n) is 8.05. The molecule has 1 aromatic heterocycles. The van der Waals surface area contributed by atoms with Crippen LogP contribution in [0.5, 0.6) is 5.75 Å². The van der Waals surface area contributed by atoms with Gasteiger partial charge in [-0.1, -0.05) is 25.1 Å². The van der Waals surface area contributed by atoms with Crippen molar-refractivity contribution >= 4 is 11.7 Å². The minimum absolute atomic E-state index is 0.0119. The van der Waals surface area contributed by atoms with Gasteiger partial charge in [0.1, 0.15) is 5.75 Å². The maximum Gasteiger partial charge on any atom is 0.290 e. The largest absolute Gasteiger partial charge is 0.503 e. The van der Waals surface area contributed by atoms with Crippen molar-refractivity contribution in [2.24, 2.45) is 0 Å². The molecule has 0 bridgehead atoms. The van der Waals surface area contributed by atoms with Crippen LogP contribution in [0, 0.1) is 0 Å². The quantitative estimate of drug-likeness (QED) is 0.816. The zero-order valence-corrected chi connectivity index (χ0v) is 14.1. The first-order chi connectivity index (χ1) is 12.1. The topological polar surface area (TPSA) is 80.0 Å². The molecule has 2 aromatic rings. The van der Waals surface area contributed by atoms with E-state index in [1.807, 2.05) is 6.92 Å². The highest BCUT2D eigenvalue weighted by molar-refractivity contribution is 6.15. The predicted molar refractivity (Wildman–Crippen MR) is 90.4 cm³/mol. The van der Waals surface area contributed by atoms with Gasteiger partial charge in [-0.05, 0) is 24.6 Å². The van der Waals surface area contributed by atoms with Crippen LogP contribution in [0.25, 0.3) is 0 Å². The number of nitrogens with zero attached hydrogens (tertiary/aromatic N) is 1. The van der Waals surface area contributed by atoms with Crippen LogP contribution in [-0.4, -0.2) is 35.4 Å². The summed E-state index contributed by atoms with van der Waals surface area (Å²) in [4.78, 5) is 26.9. The van der Waals surface area contributed by atoms with Crippen molar-refractivity contribution < 1.29 is 23.8 Å². The lowest BCUT2D eigenvalue weighted by molar-refractivity contribution is -0.129. The SMILES string of the molecule is CCCN1C(=O)C(O)=C(C(=O)c2ccco2)C1c1ccccc1OC. The Hall–Kier alpha value is -3.02. The highest BCUT2D eigenvalue weighted by Crippen LogP contribution is 2.42. The van der Waals surface area contributed by atoms with Crippen LogP contribution in [-0.2, 0) is 4.79 Å². The third-order valence-corrected chi connectivity index (χ3v) is 4.19. The fourth-order valence-electron chi connectivity index (χ4n) is 3.11. The number of Topliss-reactive ketones (excluding diaryl/α,β-unsaturated/α-hetero) is 1. The molecular formula is C19H19NO5. The second kappa shape index (κ2) is 6.84. The Kier molecular flexibility index (Phi) is 4.61. The molecule has 1 aliphatic rings. The zero-order chi connectivity index (χ0) is 18.0. The van der Waals surface area contributed by atoms with E-state index in [1.54, 1.807) is 30.3 Å². The van der Waals surface area contributed by atoms with Crippen molar-refractivity contribution in [2.45, 2.75) is 19.4 Å². The number of hydrogen-bond donors (Lipinski definition) is 1. The van der Waals surface area contributed by atoms with Gasteiger partial charge in [0.25, 0.3) is 5.91 Å². The van der Waals surface area contributed by atoms with Gasteiger partial charge in [0.2, 0.25) is 5.78 Å². The summed E-state index contributed by atoms with van der Waals surface area (Å²) in [5, 5.41) is 10.4. The van der Waals surface area contributed by atoms with Crippen molar-refractivity contribution in [3.8, 4) is 5.75 Å². The van der Waals surface area contributed by atoms with Crippen molar-refractivity contribution in [3.63, 3.8) is 0 Å². The average molecular weight is 341 g/mol. The lowest BCUT2D eigenvalue weighted by Crippen LogP contribution is -2.32. The number of ketones is 1. The molecular weight excluding hydrogens is 322 g/mol. The summed E-state index contributed by atoms with van der Waals surface area (Å²) >= 11 is 0. The van der Waals surface area contributed by atoms with Crippen LogP contribution in [0.1, 0.15) is 35.5 Å². The lowest BCUT2D eigenvalue weighted by atomic mass is 9.94. The summed E-state index contributed by atoms with van der Waals surface area (Å²) < 4.78 is 10.6. The number of ether oxygens (including phenoxy) is 1. The Morgan fingerprint density at radius 3 is 2.68 bits per heavy atom. The molecule has 1 unspecified atom stereocenters. The molecule has 130 valence electrons. The van der Waals surface area contributed by atoms with Crippen LogP contribution in [0.3, 0.4) is 0 Å². The lowest BCUT2D eigenvalue weighted by Gasteiger charge is -2.27. The van der Waals surface area contributed by atoms with Crippen LogP contribution >= 0.6 is 0 Å². The molecule has 3 rings (SSSR count). The Morgan fingerprint density at radius 2 is 2.04 bits per heavy atom. The molecule has 1 amide bonds. The molecule has 1 aliphatic heterocycles. The summed E-state index contributed by atoms with van der Waals surface area (Å²) in [6, 6.07) is 9.53. The molecule has 0 aliphatic carbocycles. The number of furan rings is 1. The fourth-order valence-corrected chi connectivity index (χ4v) is 3.11. The van der Waals surface area contributed by atoms with Gasteiger partial charge in [-0.15, -0.1) is 0 Å². The number of aliphatic hydroxyl groups excluding tert-OH is 1. The molecule has 0 fully saturated rings. The van der Waals surface area contributed by atoms with Crippen molar-refractivity contribution in [1.29, 1.82) is 0 Å². The van der Waals surface area contributed by atoms with Crippen LogP contribution in [0.15, 0.2) is 58.4 Å². The Morgan fingerprint density at radius 1 is 1.28 bits per heavy atom. The molecule has 1 atom stereocenters. The van der Waals surface area contributed by atoms with Crippen molar-refractivity contribution in [2.75, 3.05) is 13.7 Å². The third-order valence-electron chi connectivity index (χ3n) is 4.19. The van der Waals surface area contributed by atoms with E-state index in [2.05, 4.69) is 0 Å². The minimum atomic E-state index is -0.721. The number of amides is 1. The molecule has 0 saturated heterocycles. The normalized spacial score (nSPS) is 17.3. The van der Waals surface area contributed by atoms with Gasteiger partial charge in [0.05, 0.1) is 25.0 Å². The fraction of sp³-hybridized carbons (Fsp3) is 0.263. The molecule has 0 radical (unpaired) electrons. The maximum absolute atomic E-state index is 12.9. The second-order valence-corrected chi connectivity index (χ2v) is 5.71. The molecule has 6 nitrogen and oxygen atoms in total. The second-order valence-electron chi connectivity index (χ2n) is 5.71. The standard InChI is InChI=1S/C19H19NO5/c1-3-10-20-16(12-7-4-5-8-13(12)24-2)15(18(22)19(20)23)17(21)14-9-6-11-25-14/h4-9,11,16,22H,3,10H2,1-2H3. The van der Waals surface area contributed by atoms with Crippen molar-refractivity contribution in [3.05, 3.63) is 65.3 Å². The monoisotopic (exact) mass is 341 g/mol. The minimum Gasteiger partial charge on any atom is -0.503 e. The van der Waals surface area contributed by atoms with Gasteiger partial charge in [-0.3, -0.25) is 9.59 Å². The molecule has 0 spiro atoms. The van der Waals surface area contributed by atoms with E-state index < -0.39 is 23.5 Å². The average Bonchev–Trinajstić information content (AvgIpc) is 3.24. The van der Waals surface area contributed by atoms with Gasteiger partial charge < -0.3 is 19.2 Å². The third kappa shape index (κ3) is 2.80. The molecule has 1 aromatic carbocycles. The van der Waals surface area contributed by atoms with Gasteiger partial charge in [-0.25, -0.2) is 0 Å². The van der Waals surface area contributed by atoms with Crippen LogP contribution in [0.4, 0.5) is 0 Å². The summed E-state index contributed by atoms with van der Waals surface area (Å²) in [6.07, 6.45) is 2.07. The Bertz CT molecular complexity index is 822. The first kappa shape index (κ1) is 16.8. The van der Waals surface area contributed by atoms with Crippen LogP contribution < -0.4 is 4.74 Å². The number of benzene rings is 1. The van der Waals surface area contributed by atoms with E-state index >= 15 is 0 Å². The summed E-state index contributed by atoms with van der Waals surface area (Å²) in [7, 11) is 1.53. The molecule has 25 heavy (non-hydrogen) atoms. The van der Waals surface area contributed by atoms with Gasteiger partial charge >= 0.3 is 0 Å². The van der Waals surface area contributed by atoms with E-state index in [4.69, 9.17) is 9.15 Å². The summed E-state index contributed by atoms with van der Waals surface area (Å²) in [5.41, 5.74) is 0.656. The Labute approximate surface area is 145 Å². The smallest absolute Gasteiger partial charge is 0.290 e. The van der Waals surface area contributed by atoms with Crippen molar-refractivity contribution in [1.82, 2.24) is 4.90 Å². The zero-order valence-electron chi connectivity index (χ0n) is 14.1. The van der Waals surface area contributed by atoms with E-state index in [0.29, 0.717) is 24.3 Å². The number of hydrogen-bond acceptors (Lipinski definition) is 5. The molecule has 1 N–H and O–H groups in total. The van der Waals surface area contributed by atoms with Gasteiger partial charge in [0.15, 0.2) is 11.5 Å². The number of rotatable bonds is 6. The van der Waals surface area contributed by atoms with E-state index in [1.165, 1.54) is 24.3 Å². The van der Waals surface area contributed by atoms with Crippen LogP contribution in [0.2, 0.25) is 0 Å². The highest BCUT2D eigenvalue weighted by atomic mass is 16.5. The first-order valence-corrected chi connectivity index (χ1v) is 8.05. The number of methoxy groups -OCH3 is 1. The molecule has 0 saturated carbocycles. The number of para-hydroxylation sites is 1. The number of carbonyl (C=O) groups excluding carboxylic acids is 2. The Balaban J connectivity index is 2.15. The number of aliphatic hydroxyl groups is 1.